The molecule has 0 fully saturated rings. The standard InChI is InChI=1S/C23H14N6O8/c30-26(31)12-2-5-20-16(7-12)18(10-24-20)23(15-4-1-14(28(34)35)9-22(15)29(36)37)19-11-25-21-6-3-13(27(32)33)8-17(19)21/h1-11,23-25H. The van der Waals surface area contributed by atoms with E-state index in [9.17, 15) is 40.5 Å². The molecule has 0 atom stereocenters. The SMILES string of the molecule is O=[N+]([O-])c1ccc(C(c2c[nH]c3ccc([N+](=O)[O-])cc23)c2c[nH]c3ccc([N+](=O)[O-])cc23)c([N+](=O)[O-])c1. The zero-order chi connectivity index (χ0) is 26.4. The molecule has 0 radical (unpaired) electrons. The van der Waals surface area contributed by atoms with Gasteiger partial charge < -0.3 is 9.97 Å². The van der Waals surface area contributed by atoms with Gasteiger partial charge in [-0.3, -0.25) is 40.5 Å². The van der Waals surface area contributed by atoms with E-state index in [-0.39, 0.29) is 16.9 Å². The molecule has 0 aliphatic heterocycles. The minimum Gasteiger partial charge on any atom is -0.361 e. The summed E-state index contributed by atoms with van der Waals surface area (Å²) < 4.78 is 0. The van der Waals surface area contributed by atoms with Crippen LogP contribution in [-0.4, -0.2) is 29.7 Å². The number of hydrogen-bond donors (Lipinski definition) is 2. The molecule has 5 aromatic rings. The van der Waals surface area contributed by atoms with E-state index < -0.39 is 37.0 Å². The van der Waals surface area contributed by atoms with E-state index >= 15 is 0 Å². The van der Waals surface area contributed by atoms with Crippen LogP contribution >= 0.6 is 0 Å². The smallest absolute Gasteiger partial charge is 0.280 e. The number of H-pyrrole nitrogens is 2. The van der Waals surface area contributed by atoms with Crippen LogP contribution in [0.3, 0.4) is 0 Å². The number of fused-ring (bicyclic) bond motifs is 2. The maximum absolute atomic E-state index is 12.0. The highest BCUT2D eigenvalue weighted by Gasteiger charge is 2.32. The van der Waals surface area contributed by atoms with Crippen LogP contribution in [0.25, 0.3) is 21.8 Å². The second-order valence-electron chi connectivity index (χ2n) is 8.15. The molecule has 0 aliphatic carbocycles. The first-order valence-corrected chi connectivity index (χ1v) is 10.6. The van der Waals surface area contributed by atoms with Crippen molar-refractivity contribution in [1.29, 1.82) is 0 Å². The summed E-state index contributed by atoms with van der Waals surface area (Å²) in [6.07, 6.45) is 3.08. The van der Waals surface area contributed by atoms with Crippen molar-refractivity contribution in [2.45, 2.75) is 5.92 Å². The van der Waals surface area contributed by atoms with Crippen LogP contribution in [0.2, 0.25) is 0 Å². The van der Waals surface area contributed by atoms with Crippen LogP contribution in [0.5, 0.6) is 0 Å². The Balaban J connectivity index is 1.86. The van der Waals surface area contributed by atoms with E-state index in [4.69, 9.17) is 0 Å². The lowest BCUT2D eigenvalue weighted by atomic mass is 9.83. The molecule has 0 aliphatic rings. The molecule has 2 heterocycles. The number of nitrogens with one attached hydrogen (secondary N) is 2. The van der Waals surface area contributed by atoms with E-state index in [1.54, 1.807) is 12.4 Å². The number of benzene rings is 3. The van der Waals surface area contributed by atoms with Crippen LogP contribution in [0.1, 0.15) is 22.6 Å². The van der Waals surface area contributed by atoms with Gasteiger partial charge in [0.15, 0.2) is 0 Å². The first-order valence-electron chi connectivity index (χ1n) is 10.6. The Labute approximate surface area is 204 Å². The van der Waals surface area contributed by atoms with Gasteiger partial charge in [0.1, 0.15) is 0 Å². The van der Waals surface area contributed by atoms with Crippen LogP contribution < -0.4 is 0 Å². The van der Waals surface area contributed by atoms with Crippen molar-refractivity contribution in [3.05, 3.63) is 124 Å². The summed E-state index contributed by atoms with van der Waals surface area (Å²) in [5, 5.41) is 47.0. The van der Waals surface area contributed by atoms with Crippen LogP contribution in [0, 0.1) is 40.5 Å². The molecule has 0 saturated carbocycles. The first-order chi connectivity index (χ1) is 17.7. The molecule has 37 heavy (non-hydrogen) atoms. The van der Waals surface area contributed by atoms with Crippen LogP contribution in [0.15, 0.2) is 67.0 Å². The van der Waals surface area contributed by atoms with Crippen LogP contribution in [0.4, 0.5) is 22.7 Å². The first kappa shape index (κ1) is 23.1. The second kappa shape index (κ2) is 8.53. The maximum atomic E-state index is 12.0. The quantitative estimate of drug-likeness (QED) is 0.215. The fraction of sp³-hybridized carbons (Fsp3) is 0.0435. The maximum Gasteiger partial charge on any atom is 0.280 e. The fourth-order valence-electron chi connectivity index (χ4n) is 4.52. The van der Waals surface area contributed by atoms with Gasteiger partial charge in [-0.25, -0.2) is 0 Å². The lowest BCUT2D eigenvalue weighted by Gasteiger charge is -2.17. The molecule has 2 N–H and O–H groups in total. The Hall–Kier alpha value is -5.66. The average Bonchev–Trinajstić information content (AvgIpc) is 3.48. The monoisotopic (exact) mass is 502 g/mol. The number of aromatic amines is 2. The van der Waals surface area contributed by atoms with Gasteiger partial charge in [0.2, 0.25) is 0 Å². The molecule has 0 saturated heterocycles. The van der Waals surface area contributed by atoms with Crippen molar-refractivity contribution in [2.24, 2.45) is 0 Å². The summed E-state index contributed by atoms with van der Waals surface area (Å²) in [6, 6.07) is 11.5. The van der Waals surface area contributed by atoms with Crippen molar-refractivity contribution in [3.63, 3.8) is 0 Å². The van der Waals surface area contributed by atoms with Gasteiger partial charge in [-0.15, -0.1) is 0 Å². The van der Waals surface area contributed by atoms with Gasteiger partial charge in [-0.05, 0) is 29.3 Å². The number of hydrogen-bond acceptors (Lipinski definition) is 8. The summed E-state index contributed by atoms with van der Waals surface area (Å²) in [5.74, 6) is -0.979. The van der Waals surface area contributed by atoms with E-state index in [1.165, 1.54) is 42.5 Å². The Morgan fingerprint density at radius 1 is 0.541 bits per heavy atom. The van der Waals surface area contributed by atoms with Crippen LogP contribution in [-0.2, 0) is 0 Å². The topological polar surface area (TPSA) is 204 Å². The molecule has 0 bridgehead atoms. The summed E-state index contributed by atoms with van der Waals surface area (Å²) in [6.45, 7) is 0. The van der Waals surface area contributed by atoms with Gasteiger partial charge in [-0.1, -0.05) is 0 Å². The highest BCUT2D eigenvalue weighted by molar-refractivity contribution is 5.91. The Kier molecular flexibility index (Phi) is 5.32. The molecule has 5 rings (SSSR count). The fourth-order valence-corrected chi connectivity index (χ4v) is 4.52. The van der Waals surface area contributed by atoms with Gasteiger partial charge in [0.25, 0.3) is 22.7 Å². The van der Waals surface area contributed by atoms with Crippen molar-refractivity contribution in [3.8, 4) is 0 Å². The zero-order valence-electron chi connectivity index (χ0n) is 18.5. The third-order valence-corrected chi connectivity index (χ3v) is 6.17. The summed E-state index contributed by atoms with van der Waals surface area (Å²) in [7, 11) is 0. The van der Waals surface area contributed by atoms with Gasteiger partial charge >= 0.3 is 0 Å². The number of non-ortho nitro benzene ring substituents is 3. The number of nitro benzene ring substituents is 4. The second-order valence-corrected chi connectivity index (χ2v) is 8.15. The van der Waals surface area contributed by atoms with Crippen molar-refractivity contribution in [1.82, 2.24) is 9.97 Å². The largest absolute Gasteiger partial charge is 0.361 e. The van der Waals surface area contributed by atoms with E-state index in [0.29, 0.717) is 32.9 Å². The molecule has 14 heteroatoms. The zero-order valence-corrected chi connectivity index (χ0v) is 18.5. The normalized spacial score (nSPS) is 11.3. The lowest BCUT2D eigenvalue weighted by molar-refractivity contribution is -0.394. The molecule has 3 aromatic carbocycles. The summed E-state index contributed by atoms with van der Waals surface area (Å²) >= 11 is 0. The predicted octanol–water partition coefficient (Wildman–Crippen LogP) is 5.46. The third-order valence-electron chi connectivity index (χ3n) is 6.17. The molecule has 2 aromatic heterocycles. The summed E-state index contributed by atoms with van der Waals surface area (Å²) in [5.41, 5.74) is 0.459. The number of aromatic nitrogens is 2. The lowest BCUT2D eigenvalue weighted by Crippen LogP contribution is -2.07. The highest BCUT2D eigenvalue weighted by atomic mass is 16.6. The third kappa shape index (κ3) is 3.87. The minimum atomic E-state index is -0.979. The number of nitro groups is 4. The Morgan fingerprint density at radius 3 is 1.41 bits per heavy atom. The molecule has 0 spiro atoms. The minimum absolute atomic E-state index is 0.0652. The predicted molar refractivity (Wildman–Crippen MR) is 131 cm³/mol. The van der Waals surface area contributed by atoms with Gasteiger partial charge in [0, 0.05) is 76.0 Å². The Bertz CT molecular complexity index is 1680. The molecule has 0 amide bonds. The average molecular weight is 502 g/mol. The van der Waals surface area contributed by atoms with Gasteiger partial charge in [-0.2, -0.15) is 0 Å². The number of rotatable bonds is 7. The molecule has 184 valence electrons. The highest BCUT2D eigenvalue weighted by Crippen LogP contribution is 2.44. The molecular formula is C23H14N6O8. The van der Waals surface area contributed by atoms with Crippen molar-refractivity contribution < 1.29 is 19.7 Å². The van der Waals surface area contributed by atoms with E-state index in [0.717, 1.165) is 12.1 Å². The molecular weight excluding hydrogens is 488 g/mol. The van der Waals surface area contributed by atoms with E-state index in [2.05, 4.69) is 9.97 Å². The molecule has 14 nitrogen and oxygen atoms in total. The number of nitrogens with zero attached hydrogens (tertiary/aromatic N) is 4. The van der Waals surface area contributed by atoms with Gasteiger partial charge in [0.05, 0.1) is 25.8 Å². The van der Waals surface area contributed by atoms with Crippen molar-refractivity contribution >= 4 is 44.6 Å². The van der Waals surface area contributed by atoms with Crippen molar-refractivity contribution in [2.75, 3.05) is 0 Å². The summed E-state index contributed by atoms with van der Waals surface area (Å²) in [4.78, 5) is 49.6. The molecule has 0 unspecified atom stereocenters. The van der Waals surface area contributed by atoms with E-state index in [1.807, 2.05) is 0 Å². The Morgan fingerprint density at radius 2 is 0.973 bits per heavy atom.